The Morgan fingerprint density at radius 2 is 1.55 bits per heavy atom. The highest BCUT2D eigenvalue weighted by molar-refractivity contribution is 7.14. The molecular weight excluding hydrogens is 665 g/mol. The molecule has 1 fully saturated rings. The number of likely N-dealkylation sites (tertiary alicyclic amines) is 1. The van der Waals surface area contributed by atoms with Gasteiger partial charge in [0.1, 0.15) is 11.8 Å². The molecule has 3 heterocycles. The first-order valence-corrected chi connectivity index (χ1v) is 18.4. The van der Waals surface area contributed by atoms with Crippen LogP contribution in [0.5, 0.6) is 5.75 Å². The number of ether oxygens (including phenoxy) is 2. The van der Waals surface area contributed by atoms with Gasteiger partial charge in [-0.2, -0.15) is 0 Å². The number of thiophene rings is 1. The minimum absolute atomic E-state index is 0.0966. The number of hydrogen-bond donors (Lipinski definition) is 2. The molecule has 0 unspecified atom stereocenters. The molecule has 11 heteroatoms. The second-order valence-electron chi connectivity index (χ2n) is 14.1. The fourth-order valence-electron chi connectivity index (χ4n) is 5.88. The van der Waals surface area contributed by atoms with Crippen LogP contribution < -0.4 is 10.1 Å². The zero-order valence-corrected chi connectivity index (χ0v) is 30.9. The van der Waals surface area contributed by atoms with E-state index in [2.05, 4.69) is 43.0 Å². The summed E-state index contributed by atoms with van der Waals surface area (Å²) in [6.45, 7) is 8.98. The Balaban J connectivity index is 1.24. The Labute approximate surface area is 304 Å². The van der Waals surface area contributed by atoms with Gasteiger partial charge >= 0.3 is 5.97 Å². The van der Waals surface area contributed by atoms with E-state index in [4.69, 9.17) is 9.47 Å². The lowest BCUT2D eigenvalue weighted by Crippen LogP contribution is -2.70. The number of nitrogens with zero attached hydrogens (tertiary/aromatic N) is 3. The zero-order chi connectivity index (χ0) is 36.6. The average molecular weight is 713 g/mol. The van der Waals surface area contributed by atoms with Crippen LogP contribution in [0, 0.1) is 0 Å². The number of unbranched alkanes of at least 4 members (excludes halogenated alkanes) is 4. The van der Waals surface area contributed by atoms with Crippen LogP contribution in [-0.4, -0.2) is 76.2 Å². The van der Waals surface area contributed by atoms with Crippen LogP contribution >= 0.6 is 11.3 Å². The summed E-state index contributed by atoms with van der Waals surface area (Å²) in [5.41, 5.74) is 1.95. The molecule has 2 aromatic heterocycles. The van der Waals surface area contributed by atoms with Crippen molar-refractivity contribution in [2.24, 2.45) is 0 Å². The van der Waals surface area contributed by atoms with Crippen LogP contribution in [0.4, 0.5) is 0 Å². The van der Waals surface area contributed by atoms with E-state index in [1.54, 1.807) is 18.5 Å². The SMILES string of the molecule is CCCCCCCOc1ccc(-c2cnc(-c3ccc(C[C@H](NC(=O)c4ccc(C(C)(C)C)s4)C(=O)N4CC(OC)(C(=O)O)C4)cc3)nc2)cc1. The van der Waals surface area contributed by atoms with E-state index >= 15 is 0 Å². The Morgan fingerprint density at radius 1 is 0.902 bits per heavy atom. The van der Waals surface area contributed by atoms with E-state index in [-0.39, 0.29) is 36.7 Å². The number of benzene rings is 2. The van der Waals surface area contributed by atoms with Gasteiger partial charge in [0.25, 0.3) is 5.91 Å². The fourth-order valence-corrected chi connectivity index (χ4v) is 6.85. The number of carboxylic acids is 1. The van der Waals surface area contributed by atoms with Crippen LogP contribution in [0.25, 0.3) is 22.5 Å². The van der Waals surface area contributed by atoms with Gasteiger partial charge in [-0.25, -0.2) is 14.8 Å². The smallest absolute Gasteiger partial charge is 0.339 e. The lowest BCUT2D eigenvalue weighted by molar-refractivity contribution is -0.188. The third kappa shape index (κ3) is 9.39. The normalized spacial score (nSPS) is 14.4. The van der Waals surface area contributed by atoms with Gasteiger partial charge < -0.3 is 24.8 Å². The number of hydrogen-bond acceptors (Lipinski definition) is 8. The van der Waals surface area contributed by atoms with Crippen LogP contribution in [-0.2, 0) is 26.2 Å². The van der Waals surface area contributed by atoms with E-state index in [0.717, 1.165) is 45.9 Å². The van der Waals surface area contributed by atoms with Crippen LogP contribution in [0.3, 0.4) is 0 Å². The maximum atomic E-state index is 13.7. The first-order valence-electron chi connectivity index (χ1n) is 17.6. The topological polar surface area (TPSA) is 131 Å². The predicted molar refractivity (Wildman–Crippen MR) is 199 cm³/mol. The molecule has 4 aromatic rings. The van der Waals surface area contributed by atoms with Crippen molar-refractivity contribution in [1.29, 1.82) is 0 Å². The predicted octanol–water partition coefficient (Wildman–Crippen LogP) is 7.17. The molecule has 1 saturated heterocycles. The lowest BCUT2D eigenvalue weighted by atomic mass is 9.92. The van der Waals surface area contributed by atoms with Gasteiger partial charge in [-0.3, -0.25) is 9.59 Å². The Hall–Kier alpha value is -4.61. The lowest BCUT2D eigenvalue weighted by Gasteiger charge is -2.46. The molecule has 2 N–H and O–H groups in total. The van der Waals surface area contributed by atoms with Crippen molar-refractivity contribution < 1.29 is 29.0 Å². The van der Waals surface area contributed by atoms with Crippen molar-refractivity contribution in [1.82, 2.24) is 20.2 Å². The average Bonchev–Trinajstić information content (AvgIpc) is 3.62. The molecule has 2 amide bonds. The first-order chi connectivity index (χ1) is 24.4. The molecular formula is C40H48N4O6S. The molecule has 51 heavy (non-hydrogen) atoms. The Bertz CT molecular complexity index is 1780. The highest BCUT2D eigenvalue weighted by Gasteiger charge is 2.53. The minimum Gasteiger partial charge on any atom is -0.494 e. The molecule has 0 radical (unpaired) electrons. The van der Waals surface area contributed by atoms with Crippen molar-refractivity contribution in [3.05, 3.63) is 88.4 Å². The fraction of sp³-hybridized carbons (Fsp3) is 0.425. The molecule has 0 aliphatic carbocycles. The molecule has 10 nitrogen and oxygen atoms in total. The van der Waals surface area contributed by atoms with Gasteiger partial charge in [-0.15, -0.1) is 11.3 Å². The maximum Gasteiger partial charge on any atom is 0.339 e. The summed E-state index contributed by atoms with van der Waals surface area (Å²) >= 11 is 1.39. The number of carbonyl (C=O) groups is 3. The summed E-state index contributed by atoms with van der Waals surface area (Å²) in [5.74, 6) is -0.429. The Kier molecular flexibility index (Phi) is 12.3. The van der Waals surface area contributed by atoms with E-state index in [9.17, 15) is 19.5 Å². The van der Waals surface area contributed by atoms with Gasteiger partial charge in [0, 0.05) is 41.9 Å². The number of nitrogens with one attached hydrogen (secondary N) is 1. The Morgan fingerprint density at radius 3 is 2.14 bits per heavy atom. The quantitative estimate of drug-likeness (QED) is 0.117. The van der Waals surface area contributed by atoms with Gasteiger partial charge in [0.2, 0.25) is 5.91 Å². The van der Waals surface area contributed by atoms with E-state index in [1.165, 1.54) is 49.0 Å². The number of rotatable bonds is 16. The van der Waals surface area contributed by atoms with Crippen molar-refractivity contribution in [2.75, 3.05) is 26.8 Å². The summed E-state index contributed by atoms with van der Waals surface area (Å²) in [6, 6.07) is 18.3. The van der Waals surface area contributed by atoms with Crippen molar-refractivity contribution in [2.45, 2.75) is 83.3 Å². The number of carbonyl (C=O) groups excluding carboxylic acids is 2. The van der Waals surface area contributed by atoms with Crippen LogP contribution in [0.15, 0.2) is 73.1 Å². The number of aromatic nitrogens is 2. The molecule has 0 saturated carbocycles. The molecule has 1 atom stereocenters. The second kappa shape index (κ2) is 16.6. The largest absolute Gasteiger partial charge is 0.494 e. The van der Waals surface area contributed by atoms with Crippen LogP contribution in [0.2, 0.25) is 0 Å². The molecule has 1 aliphatic heterocycles. The van der Waals surface area contributed by atoms with Gasteiger partial charge in [0.05, 0.1) is 24.6 Å². The molecule has 1 aliphatic rings. The van der Waals surface area contributed by atoms with Crippen molar-refractivity contribution in [3.63, 3.8) is 0 Å². The summed E-state index contributed by atoms with van der Waals surface area (Å²) < 4.78 is 11.1. The first kappa shape index (κ1) is 37.6. The van der Waals surface area contributed by atoms with Crippen molar-refractivity contribution >= 4 is 29.1 Å². The molecule has 0 bridgehead atoms. The molecule has 270 valence electrons. The molecule has 0 spiro atoms. The van der Waals surface area contributed by atoms with Gasteiger partial charge in [0.15, 0.2) is 11.4 Å². The van der Waals surface area contributed by atoms with Crippen LogP contribution in [0.1, 0.15) is 79.9 Å². The number of amides is 2. The summed E-state index contributed by atoms with van der Waals surface area (Å²) in [6.07, 6.45) is 9.81. The number of aliphatic carboxylic acids is 1. The summed E-state index contributed by atoms with van der Waals surface area (Å²) in [5, 5.41) is 12.5. The summed E-state index contributed by atoms with van der Waals surface area (Å²) in [4.78, 5) is 51.0. The van der Waals surface area contributed by atoms with Gasteiger partial charge in [-0.1, -0.05) is 89.8 Å². The molecule has 5 rings (SSSR count). The third-order valence-corrected chi connectivity index (χ3v) is 10.7. The van der Waals surface area contributed by atoms with E-state index < -0.39 is 17.6 Å². The molecule has 2 aromatic carbocycles. The zero-order valence-electron chi connectivity index (χ0n) is 30.1. The van der Waals surface area contributed by atoms with Crippen molar-refractivity contribution in [3.8, 4) is 28.3 Å². The van der Waals surface area contributed by atoms with Gasteiger partial charge in [-0.05, 0) is 47.2 Å². The highest BCUT2D eigenvalue weighted by Crippen LogP contribution is 2.30. The standard InChI is InChI=1S/C40H48N4O6S/c1-6-7-8-9-10-21-50-31-17-15-28(16-18-31)30-23-41-35(42-24-30)29-13-11-27(12-14-29)22-32(37(46)44-25-40(26-44,49-5)38(47)48)43-36(45)33-19-20-34(51-33)39(2,3)4/h11-20,23-24,32H,6-10,21-22,25-26H2,1-5H3,(H,43,45)(H,47,48)/t32-/m0/s1. The number of methoxy groups -OCH3 is 1. The maximum absolute atomic E-state index is 13.7. The van der Waals surface area contributed by atoms with E-state index in [0.29, 0.717) is 10.7 Å². The second-order valence-corrected chi connectivity index (χ2v) is 15.2. The van der Waals surface area contributed by atoms with E-state index in [1.807, 2.05) is 54.6 Å². The minimum atomic E-state index is -1.44. The monoisotopic (exact) mass is 712 g/mol. The summed E-state index contributed by atoms with van der Waals surface area (Å²) in [7, 11) is 1.32. The third-order valence-electron chi connectivity index (χ3n) is 9.17. The number of carboxylic acid groups (broad SMARTS) is 1. The highest BCUT2D eigenvalue weighted by atomic mass is 32.1.